The van der Waals surface area contributed by atoms with Gasteiger partial charge in [-0.05, 0) is 35.0 Å². The summed E-state index contributed by atoms with van der Waals surface area (Å²) in [5.74, 6) is -4.86. The van der Waals surface area contributed by atoms with Crippen LogP contribution in [0.4, 0.5) is 17.6 Å². The standard InChI is InChI=1S/C11H8BrF4NO3/c1-10(9(19)20,11(14,15)16)17-8(18)5-3-2-4-6(12)7(5)13/h2-4H,1H3,(H,17,18)(H,19,20). The zero-order valence-electron chi connectivity index (χ0n) is 9.89. The number of hydrogen-bond acceptors (Lipinski definition) is 2. The molecule has 1 unspecified atom stereocenters. The fourth-order valence-corrected chi connectivity index (χ4v) is 1.59. The van der Waals surface area contributed by atoms with Crippen molar-refractivity contribution in [3.05, 3.63) is 34.1 Å². The monoisotopic (exact) mass is 357 g/mol. The fourth-order valence-electron chi connectivity index (χ4n) is 1.22. The van der Waals surface area contributed by atoms with Gasteiger partial charge in [-0.25, -0.2) is 9.18 Å². The van der Waals surface area contributed by atoms with E-state index >= 15 is 0 Å². The third-order valence-corrected chi connectivity index (χ3v) is 3.17. The zero-order chi connectivity index (χ0) is 15.7. The molecule has 4 nitrogen and oxygen atoms in total. The number of rotatable bonds is 3. The summed E-state index contributed by atoms with van der Waals surface area (Å²) in [6.07, 6.45) is -5.24. The van der Waals surface area contributed by atoms with E-state index in [0.29, 0.717) is 0 Å². The molecule has 20 heavy (non-hydrogen) atoms. The van der Waals surface area contributed by atoms with Crippen molar-refractivity contribution in [3.63, 3.8) is 0 Å². The minimum Gasteiger partial charge on any atom is -0.479 e. The Kier molecular flexibility index (Phi) is 4.42. The molecule has 0 saturated carbocycles. The maximum atomic E-state index is 13.6. The topological polar surface area (TPSA) is 66.4 Å². The third kappa shape index (κ3) is 2.92. The van der Waals surface area contributed by atoms with E-state index in [1.807, 2.05) is 0 Å². The van der Waals surface area contributed by atoms with Crippen molar-refractivity contribution >= 4 is 27.8 Å². The van der Waals surface area contributed by atoms with E-state index in [9.17, 15) is 27.2 Å². The minimum absolute atomic E-state index is 0.130. The molecule has 1 atom stereocenters. The van der Waals surface area contributed by atoms with E-state index in [1.165, 1.54) is 17.4 Å². The van der Waals surface area contributed by atoms with Gasteiger partial charge < -0.3 is 10.4 Å². The number of amides is 1. The van der Waals surface area contributed by atoms with Gasteiger partial charge in [0.2, 0.25) is 5.54 Å². The zero-order valence-corrected chi connectivity index (χ0v) is 11.5. The molecule has 9 heteroatoms. The van der Waals surface area contributed by atoms with Crippen LogP contribution in [0.3, 0.4) is 0 Å². The molecule has 0 aromatic heterocycles. The van der Waals surface area contributed by atoms with Crippen molar-refractivity contribution in [2.24, 2.45) is 0 Å². The van der Waals surface area contributed by atoms with Crippen LogP contribution in [0.15, 0.2) is 22.7 Å². The molecule has 1 rings (SSSR count). The molecule has 0 fully saturated rings. The fraction of sp³-hybridized carbons (Fsp3) is 0.273. The summed E-state index contributed by atoms with van der Waals surface area (Å²) < 4.78 is 51.6. The van der Waals surface area contributed by atoms with Crippen molar-refractivity contribution in [3.8, 4) is 0 Å². The lowest BCUT2D eigenvalue weighted by Gasteiger charge is -2.28. The van der Waals surface area contributed by atoms with Gasteiger partial charge in [-0.3, -0.25) is 4.79 Å². The van der Waals surface area contributed by atoms with Crippen molar-refractivity contribution < 1.29 is 32.3 Å². The second-order valence-corrected chi connectivity index (χ2v) is 4.84. The number of carboxylic acids is 1. The van der Waals surface area contributed by atoms with E-state index in [-0.39, 0.29) is 11.4 Å². The van der Waals surface area contributed by atoms with Crippen LogP contribution in [0, 0.1) is 5.82 Å². The smallest absolute Gasteiger partial charge is 0.422 e. The predicted molar refractivity (Wildman–Crippen MR) is 63.7 cm³/mol. The third-order valence-electron chi connectivity index (χ3n) is 2.55. The van der Waals surface area contributed by atoms with Crippen molar-refractivity contribution in [1.29, 1.82) is 0 Å². The molecule has 0 radical (unpaired) electrons. The summed E-state index contributed by atoms with van der Waals surface area (Å²) in [6, 6.07) is 3.41. The molecule has 0 spiro atoms. The number of halogens is 5. The summed E-state index contributed by atoms with van der Waals surface area (Å²) in [4.78, 5) is 22.4. The van der Waals surface area contributed by atoms with E-state index < -0.39 is 35.0 Å². The van der Waals surface area contributed by atoms with Crippen LogP contribution in [0.25, 0.3) is 0 Å². The van der Waals surface area contributed by atoms with E-state index in [0.717, 1.165) is 6.07 Å². The van der Waals surface area contributed by atoms with Gasteiger partial charge in [-0.2, -0.15) is 13.2 Å². The van der Waals surface area contributed by atoms with Gasteiger partial charge in [0, 0.05) is 0 Å². The molecule has 1 amide bonds. The molecule has 0 aliphatic carbocycles. The average Bonchev–Trinajstić information content (AvgIpc) is 2.30. The van der Waals surface area contributed by atoms with Gasteiger partial charge in [-0.1, -0.05) is 6.07 Å². The first-order chi connectivity index (χ1) is 9.00. The number of hydrogen-bond donors (Lipinski definition) is 2. The van der Waals surface area contributed by atoms with Crippen LogP contribution in [-0.4, -0.2) is 28.7 Å². The summed E-state index contributed by atoms with van der Waals surface area (Å²) in [5, 5.41) is 9.94. The number of carbonyl (C=O) groups is 2. The Bertz CT molecular complexity index is 561. The molecule has 1 aromatic rings. The highest BCUT2D eigenvalue weighted by atomic mass is 79.9. The van der Waals surface area contributed by atoms with E-state index in [1.54, 1.807) is 0 Å². The van der Waals surface area contributed by atoms with Gasteiger partial charge in [0.15, 0.2) is 0 Å². The number of benzene rings is 1. The number of carbonyl (C=O) groups excluding carboxylic acids is 1. The Morgan fingerprint density at radius 2 is 1.85 bits per heavy atom. The Hall–Kier alpha value is -1.64. The minimum atomic E-state index is -5.24. The first-order valence-corrected chi connectivity index (χ1v) is 5.86. The van der Waals surface area contributed by atoms with Crippen LogP contribution in [0.1, 0.15) is 17.3 Å². The molecular weight excluding hydrogens is 350 g/mol. The van der Waals surface area contributed by atoms with Crippen molar-refractivity contribution in [2.45, 2.75) is 18.6 Å². The second kappa shape index (κ2) is 5.39. The molecule has 0 saturated heterocycles. The average molecular weight is 358 g/mol. The molecular formula is C11H8BrF4NO3. The maximum absolute atomic E-state index is 13.6. The number of carboxylic acid groups (broad SMARTS) is 1. The predicted octanol–water partition coefficient (Wildman–Crippen LogP) is 2.72. The first-order valence-electron chi connectivity index (χ1n) is 5.07. The van der Waals surface area contributed by atoms with Gasteiger partial charge in [-0.15, -0.1) is 0 Å². The normalized spacial score (nSPS) is 14.5. The molecule has 0 bridgehead atoms. The Labute approximate surface area is 118 Å². The Balaban J connectivity index is 3.17. The number of aliphatic carboxylic acids is 1. The highest BCUT2D eigenvalue weighted by molar-refractivity contribution is 9.10. The van der Waals surface area contributed by atoms with Crippen LogP contribution in [-0.2, 0) is 4.79 Å². The highest BCUT2D eigenvalue weighted by Crippen LogP contribution is 2.31. The summed E-state index contributed by atoms with van der Waals surface area (Å²) in [6.45, 7) is 0.281. The Morgan fingerprint density at radius 1 is 1.30 bits per heavy atom. The summed E-state index contributed by atoms with van der Waals surface area (Å²) in [7, 11) is 0. The maximum Gasteiger partial charge on any atom is 0.422 e. The Morgan fingerprint density at radius 3 is 2.30 bits per heavy atom. The second-order valence-electron chi connectivity index (χ2n) is 3.98. The molecule has 0 aliphatic heterocycles. The SMILES string of the molecule is CC(NC(=O)c1cccc(Br)c1F)(C(=O)O)C(F)(F)F. The van der Waals surface area contributed by atoms with Gasteiger partial charge in [0.1, 0.15) is 5.82 Å². The van der Waals surface area contributed by atoms with Gasteiger partial charge >= 0.3 is 12.1 Å². The molecule has 0 aliphatic rings. The molecule has 2 N–H and O–H groups in total. The lowest BCUT2D eigenvalue weighted by molar-refractivity contribution is -0.203. The van der Waals surface area contributed by atoms with Crippen LogP contribution < -0.4 is 5.32 Å². The van der Waals surface area contributed by atoms with Crippen LogP contribution >= 0.6 is 15.9 Å². The molecule has 1 aromatic carbocycles. The van der Waals surface area contributed by atoms with Crippen molar-refractivity contribution in [2.75, 3.05) is 0 Å². The number of nitrogens with one attached hydrogen (secondary N) is 1. The van der Waals surface area contributed by atoms with Crippen molar-refractivity contribution in [1.82, 2.24) is 5.32 Å². The highest BCUT2D eigenvalue weighted by Gasteiger charge is 2.58. The summed E-state index contributed by atoms with van der Waals surface area (Å²) in [5.41, 5.74) is -4.21. The molecule has 0 heterocycles. The van der Waals surface area contributed by atoms with Crippen LogP contribution in [0.2, 0.25) is 0 Å². The quantitative estimate of drug-likeness (QED) is 0.817. The largest absolute Gasteiger partial charge is 0.479 e. The van der Waals surface area contributed by atoms with Crippen LogP contribution in [0.5, 0.6) is 0 Å². The first kappa shape index (κ1) is 16.4. The lowest BCUT2D eigenvalue weighted by Crippen LogP contribution is -2.62. The van der Waals surface area contributed by atoms with E-state index in [2.05, 4.69) is 15.9 Å². The lowest BCUT2D eigenvalue weighted by atomic mass is 10.0. The van der Waals surface area contributed by atoms with Gasteiger partial charge in [0.05, 0.1) is 10.0 Å². The van der Waals surface area contributed by atoms with Gasteiger partial charge in [0.25, 0.3) is 5.91 Å². The number of alkyl halides is 3. The molecule has 110 valence electrons. The summed E-state index contributed by atoms with van der Waals surface area (Å²) >= 11 is 2.77. The van der Waals surface area contributed by atoms with E-state index in [4.69, 9.17) is 5.11 Å².